The monoisotopic (exact) mass is 233 g/mol. The number of aliphatic hydroxyl groups is 1. The number of nitrogens with one attached hydrogen (secondary N) is 1. The van der Waals surface area contributed by atoms with Crippen LogP contribution in [0.4, 0.5) is 0 Å². The molecule has 2 rings (SSSR count). The first-order valence-corrected chi connectivity index (χ1v) is 6.01. The summed E-state index contributed by atoms with van der Waals surface area (Å²) in [6.45, 7) is 5.02. The molecular weight excluding hydrogens is 214 g/mol. The fourth-order valence-electron chi connectivity index (χ4n) is 1.70. The van der Waals surface area contributed by atoms with Gasteiger partial charge in [0.15, 0.2) is 0 Å². The van der Waals surface area contributed by atoms with Crippen molar-refractivity contribution in [3.05, 3.63) is 36.1 Å². The van der Waals surface area contributed by atoms with E-state index in [0.717, 1.165) is 23.2 Å². The lowest BCUT2D eigenvalue weighted by Crippen LogP contribution is -2.36. The zero-order valence-corrected chi connectivity index (χ0v) is 10.4. The first kappa shape index (κ1) is 12.1. The zero-order valence-electron chi connectivity index (χ0n) is 10.4. The van der Waals surface area contributed by atoms with Crippen LogP contribution in [-0.2, 0) is 6.54 Å². The van der Waals surface area contributed by atoms with Crippen molar-refractivity contribution in [2.45, 2.75) is 32.4 Å². The van der Waals surface area contributed by atoms with Crippen molar-refractivity contribution in [1.29, 1.82) is 0 Å². The maximum atomic E-state index is 9.85. The molecule has 0 aliphatic heterocycles. The number of hydrogen-bond acceptors (Lipinski definition) is 3. The minimum Gasteiger partial charge on any atom is -0.460 e. The third kappa shape index (κ3) is 3.08. The van der Waals surface area contributed by atoms with Gasteiger partial charge in [0, 0.05) is 11.9 Å². The molecule has 3 nitrogen and oxygen atoms in total. The lowest BCUT2D eigenvalue weighted by molar-refractivity contribution is 0.0552. The van der Waals surface area contributed by atoms with Crippen molar-refractivity contribution < 1.29 is 9.52 Å². The van der Waals surface area contributed by atoms with E-state index in [-0.39, 0.29) is 0 Å². The second-order valence-electron chi connectivity index (χ2n) is 4.70. The van der Waals surface area contributed by atoms with Gasteiger partial charge < -0.3 is 14.8 Å². The van der Waals surface area contributed by atoms with E-state index >= 15 is 0 Å². The lowest BCUT2D eigenvalue weighted by Gasteiger charge is -2.21. The highest BCUT2D eigenvalue weighted by Gasteiger charge is 2.16. The molecule has 3 heteroatoms. The summed E-state index contributed by atoms with van der Waals surface area (Å²) < 4.78 is 5.67. The molecule has 1 heterocycles. The molecule has 0 bridgehead atoms. The molecule has 1 aromatic carbocycles. The van der Waals surface area contributed by atoms with Crippen LogP contribution in [0, 0.1) is 0 Å². The molecule has 1 atom stereocenters. The van der Waals surface area contributed by atoms with Crippen LogP contribution in [0.5, 0.6) is 0 Å². The summed E-state index contributed by atoms with van der Waals surface area (Å²) in [6.07, 6.45) is 0.736. The summed E-state index contributed by atoms with van der Waals surface area (Å²) in [4.78, 5) is 0. The molecule has 0 fully saturated rings. The Morgan fingerprint density at radius 3 is 2.82 bits per heavy atom. The standard InChI is InChI=1S/C14H19NO2/c1-3-14(2,16)10-15-9-12-8-11-6-4-5-7-13(11)17-12/h4-8,15-16H,3,9-10H2,1-2H3. The van der Waals surface area contributed by atoms with Crippen molar-refractivity contribution in [1.82, 2.24) is 5.32 Å². The summed E-state index contributed by atoms with van der Waals surface area (Å²) >= 11 is 0. The van der Waals surface area contributed by atoms with E-state index in [0.29, 0.717) is 13.1 Å². The van der Waals surface area contributed by atoms with Gasteiger partial charge in [-0.05, 0) is 25.5 Å². The number of hydrogen-bond donors (Lipinski definition) is 2. The quantitative estimate of drug-likeness (QED) is 0.834. The van der Waals surface area contributed by atoms with Gasteiger partial charge in [-0.2, -0.15) is 0 Å². The predicted octanol–water partition coefficient (Wildman–Crippen LogP) is 2.68. The Kier molecular flexibility index (Phi) is 3.50. The number of para-hydroxylation sites is 1. The molecule has 92 valence electrons. The molecule has 2 N–H and O–H groups in total. The van der Waals surface area contributed by atoms with Gasteiger partial charge >= 0.3 is 0 Å². The maximum absolute atomic E-state index is 9.85. The highest BCUT2D eigenvalue weighted by atomic mass is 16.3. The SMILES string of the molecule is CCC(C)(O)CNCc1cc2ccccc2o1. The van der Waals surface area contributed by atoms with Gasteiger partial charge in [-0.15, -0.1) is 0 Å². The lowest BCUT2D eigenvalue weighted by atomic mass is 10.0. The molecule has 0 saturated heterocycles. The number of furan rings is 1. The highest BCUT2D eigenvalue weighted by Crippen LogP contribution is 2.18. The van der Waals surface area contributed by atoms with Crippen LogP contribution in [0.3, 0.4) is 0 Å². The highest BCUT2D eigenvalue weighted by molar-refractivity contribution is 5.77. The van der Waals surface area contributed by atoms with Crippen LogP contribution >= 0.6 is 0 Å². The smallest absolute Gasteiger partial charge is 0.134 e. The average molecular weight is 233 g/mol. The van der Waals surface area contributed by atoms with Gasteiger partial charge in [-0.25, -0.2) is 0 Å². The van der Waals surface area contributed by atoms with Gasteiger partial charge in [-0.3, -0.25) is 0 Å². The number of fused-ring (bicyclic) bond motifs is 1. The third-order valence-corrected chi connectivity index (χ3v) is 3.04. The minimum atomic E-state index is -0.647. The van der Waals surface area contributed by atoms with Gasteiger partial charge in [0.25, 0.3) is 0 Å². The van der Waals surface area contributed by atoms with E-state index in [1.807, 2.05) is 44.2 Å². The van der Waals surface area contributed by atoms with Crippen molar-refractivity contribution in [2.24, 2.45) is 0 Å². The Labute approximate surface area is 101 Å². The van der Waals surface area contributed by atoms with Crippen molar-refractivity contribution >= 4 is 11.0 Å². The Balaban J connectivity index is 1.95. The molecule has 2 aromatic rings. The van der Waals surface area contributed by atoms with Gasteiger partial charge in [-0.1, -0.05) is 25.1 Å². The van der Waals surface area contributed by atoms with E-state index in [2.05, 4.69) is 5.32 Å². The number of benzene rings is 1. The third-order valence-electron chi connectivity index (χ3n) is 3.04. The summed E-state index contributed by atoms with van der Waals surface area (Å²) in [5, 5.41) is 14.2. The van der Waals surface area contributed by atoms with Crippen molar-refractivity contribution in [2.75, 3.05) is 6.54 Å². The normalized spacial score (nSPS) is 15.0. The molecule has 1 unspecified atom stereocenters. The maximum Gasteiger partial charge on any atom is 0.134 e. The summed E-state index contributed by atoms with van der Waals surface area (Å²) in [5.74, 6) is 0.901. The molecule has 17 heavy (non-hydrogen) atoms. The first-order valence-electron chi connectivity index (χ1n) is 6.01. The molecule has 0 aliphatic rings. The largest absolute Gasteiger partial charge is 0.460 e. The van der Waals surface area contributed by atoms with Crippen LogP contribution in [0.15, 0.2) is 34.7 Å². The summed E-state index contributed by atoms with van der Waals surface area (Å²) in [6, 6.07) is 9.98. The Morgan fingerprint density at radius 2 is 2.12 bits per heavy atom. The molecule has 1 aromatic heterocycles. The van der Waals surface area contributed by atoms with E-state index < -0.39 is 5.60 Å². The van der Waals surface area contributed by atoms with E-state index in [4.69, 9.17) is 4.42 Å². The van der Waals surface area contributed by atoms with Gasteiger partial charge in [0.05, 0.1) is 12.1 Å². The molecule has 0 saturated carbocycles. The molecule has 0 spiro atoms. The summed E-state index contributed by atoms with van der Waals surface area (Å²) in [5.41, 5.74) is 0.262. The first-order chi connectivity index (χ1) is 8.11. The number of rotatable bonds is 5. The molecular formula is C14H19NO2. The van der Waals surface area contributed by atoms with Crippen LogP contribution in [0.1, 0.15) is 26.0 Å². The Morgan fingerprint density at radius 1 is 1.35 bits per heavy atom. The van der Waals surface area contributed by atoms with E-state index in [1.54, 1.807) is 0 Å². The molecule has 0 radical (unpaired) electrons. The average Bonchev–Trinajstić information content (AvgIpc) is 2.71. The van der Waals surface area contributed by atoms with Crippen molar-refractivity contribution in [3.8, 4) is 0 Å². The van der Waals surface area contributed by atoms with Crippen LogP contribution < -0.4 is 5.32 Å². The minimum absolute atomic E-state index is 0.570. The van der Waals surface area contributed by atoms with Crippen molar-refractivity contribution in [3.63, 3.8) is 0 Å². The Hall–Kier alpha value is -1.32. The van der Waals surface area contributed by atoms with E-state index in [9.17, 15) is 5.11 Å². The van der Waals surface area contributed by atoms with Gasteiger partial charge in [0.2, 0.25) is 0 Å². The van der Waals surface area contributed by atoms with Crippen LogP contribution in [0.2, 0.25) is 0 Å². The topological polar surface area (TPSA) is 45.4 Å². The summed E-state index contributed by atoms with van der Waals surface area (Å²) in [7, 11) is 0. The molecule has 0 amide bonds. The predicted molar refractivity (Wildman–Crippen MR) is 68.8 cm³/mol. The fraction of sp³-hybridized carbons (Fsp3) is 0.429. The second-order valence-corrected chi connectivity index (χ2v) is 4.70. The van der Waals surface area contributed by atoms with Gasteiger partial charge in [0.1, 0.15) is 11.3 Å². The van der Waals surface area contributed by atoms with E-state index in [1.165, 1.54) is 0 Å². The second kappa shape index (κ2) is 4.90. The van der Waals surface area contributed by atoms with Crippen LogP contribution in [-0.4, -0.2) is 17.3 Å². The fourth-order valence-corrected chi connectivity index (χ4v) is 1.70. The Bertz CT molecular complexity index is 455. The zero-order chi connectivity index (χ0) is 12.3. The van der Waals surface area contributed by atoms with Crippen LogP contribution in [0.25, 0.3) is 11.0 Å². The molecule has 0 aliphatic carbocycles.